The molecule has 0 unspecified atom stereocenters. The second-order valence-electron chi connectivity index (χ2n) is 4.57. The zero-order valence-corrected chi connectivity index (χ0v) is 12.6. The van der Waals surface area contributed by atoms with E-state index in [1.807, 2.05) is 5.43 Å². The Labute approximate surface area is 134 Å². The van der Waals surface area contributed by atoms with Crippen molar-refractivity contribution < 1.29 is 23.9 Å². The molecular formula is C12H13N5O7. The van der Waals surface area contributed by atoms with Crippen molar-refractivity contribution in [2.45, 2.75) is 19.9 Å². The maximum Gasteiger partial charge on any atom is 0.433 e. The number of guanidine groups is 1. The molecule has 0 amide bonds. The molecule has 128 valence electrons. The van der Waals surface area contributed by atoms with E-state index in [1.165, 1.54) is 13.0 Å². The van der Waals surface area contributed by atoms with Gasteiger partial charge in [-0.25, -0.2) is 19.9 Å². The fourth-order valence-electron chi connectivity index (χ4n) is 2.09. The van der Waals surface area contributed by atoms with E-state index >= 15 is 0 Å². The maximum absolute atomic E-state index is 12.1. The van der Waals surface area contributed by atoms with Crippen LogP contribution < -0.4 is 10.7 Å². The van der Waals surface area contributed by atoms with Gasteiger partial charge in [0, 0.05) is 5.70 Å². The molecule has 0 saturated heterocycles. The summed E-state index contributed by atoms with van der Waals surface area (Å²) in [5.41, 5.74) is 2.12. The van der Waals surface area contributed by atoms with Crippen molar-refractivity contribution in [3.8, 4) is 0 Å². The van der Waals surface area contributed by atoms with Crippen LogP contribution in [0.3, 0.4) is 0 Å². The van der Waals surface area contributed by atoms with Gasteiger partial charge in [0.25, 0.3) is 5.96 Å². The Morgan fingerprint density at radius 3 is 2.71 bits per heavy atom. The average Bonchev–Trinajstić information content (AvgIpc) is 2.95. The summed E-state index contributed by atoms with van der Waals surface area (Å²) in [5.74, 6) is -1.51. The standard InChI is InChI=1S/C12H13N5O7/c1-3-23-11(18)9-6(2)13-12(15-17(21)22)14-10(9)7-4-5-8(24-7)16(19)20/h4-5,10H,3H2,1-2H3,(H2,13,14,15)/t10-/m0/s1. The lowest BCUT2D eigenvalue weighted by molar-refractivity contribution is -0.525. The van der Waals surface area contributed by atoms with Crippen molar-refractivity contribution >= 4 is 17.8 Å². The van der Waals surface area contributed by atoms with E-state index in [0.29, 0.717) is 0 Å². The van der Waals surface area contributed by atoms with Crippen molar-refractivity contribution in [3.05, 3.63) is 49.4 Å². The molecule has 2 rings (SSSR count). The number of allylic oxidation sites excluding steroid dienone is 1. The number of hydrogen-bond donors (Lipinski definition) is 2. The van der Waals surface area contributed by atoms with Crippen molar-refractivity contribution in [1.29, 1.82) is 0 Å². The van der Waals surface area contributed by atoms with Crippen LogP contribution in [0.4, 0.5) is 5.88 Å². The average molecular weight is 339 g/mol. The second-order valence-corrected chi connectivity index (χ2v) is 4.57. The number of nitrogens with one attached hydrogen (secondary N) is 2. The number of nitrogens with zero attached hydrogens (tertiary/aromatic N) is 3. The molecule has 0 fully saturated rings. The monoisotopic (exact) mass is 339 g/mol. The summed E-state index contributed by atoms with van der Waals surface area (Å²) in [4.78, 5) is 36.7. The van der Waals surface area contributed by atoms with Gasteiger partial charge in [-0.2, -0.15) is 0 Å². The molecule has 1 aliphatic rings. The van der Waals surface area contributed by atoms with Crippen LogP contribution in [0.1, 0.15) is 25.6 Å². The fourth-order valence-corrected chi connectivity index (χ4v) is 2.09. The second kappa shape index (κ2) is 6.76. The van der Waals surface area contributed by atoms with Crippen molar-refractivity contribution in [2.24, 2.45) is 4.99 Å². The lowest BCUT2D eigenvalue weighted by atomic mass is 10.0. The molecule has 0 saturated carbocycles. The number of nitro groups is 2. The number of carbonyl (C=O) groups is 1. The zero-order chi connectivity index (χ0) is 17.9. The van der Waals surface area contributed by atoms with Gasteiger partial charge in [-0.1, -0.05) is 5.43 Å². The molecule has 12 heteroatoms. The number of rotatable bonds is 5. The Morgan fingerprint density at radius 1 is 1.46 bits per heavy atom. The van der Waals surface area contributed by atoms with Crippen LogP contribution in [0.5, 0.6) is 0 Å². The number of hydrogen-bond acceptors (Lipinski definition) is 9. The van der Waals surface area contributed by atoms with Crippen molar-refractivity contribution in [3.63, 3.8) is 0 Å². The lowest BCUT2D eigenvalue weighted by Gasteiger charge is -2.22. The SMILES string of the molecule is CCOC(=O)C1=C(C)NC(N[N+](=O)[O-])=N[C@H]1c1ccc([N+](=O)[O-])o1. The van der Waals surface area contributed by atoms with Crippen LogP contribution in [0, 0.1) is 20.2 Å². The van der Waals surface area contributed by atoms with Gasteiger partial charge in [-0.05, 0) is 19.9 Å². The third kappa shape index (κ3) is 3.48. The first-order valence-electron chi connectivity index (χ1n) is 6.71. The number of ether oxygens (including phenoxy) is 1. The maximum atomic E-state index is 12.1. The van der Waals surface area contributed by atoms with E-state index in [4.69, 9.17) is 9.15 Å². The molecule has 2 N–H and O–H groups in total. The molecule has 0 aromatic carbocycles. The van der Waals surface area contributed by atoms with Crippen molar-refractivity contribution in [2.75, 3.05) is 6.61 Å². The molecule has 12 nitrogen and oxygen atoms in total. The Hall–Kier alpha value is -3.44. The predicted molar refractivity (Wildman–Crippen MR) is 78.1 cm³/mol. The van der Waals surface area contributed by atoms with Crippen LogP contribution in [0.15, 0.2) is 32.8 Å². The molecule has 0 radical (unpaired) electrons. The molecule has 24 heavy (non-hydrogen) atoms. The number of furan rings is 1. The normalized spacial score (nSPS) is 16.9. The predicted octanol–water partition coefficient (Wildman–Crippen LogP) is 0.807. The van der Waals surface area contributed by atoms with Gasteiger partial charge >= 0.3 is 11.9 Å². The van der Waals surface area contributed by atoms with Gasteiger partial charge in [-0.3, -0.25) is 10.1 Å². The van der Waals surface area contributed by atoms with Gasteiger partial charge in [0.15, 0.2) is 5.03 Å². The van der Waals surface area contributed by atoms with Crippen molar-refractivity contribution in [1.82, 2.24) is 10.7 Å². The lowest BCUT2D eigenvalue weighted by Crippen LogP contribution is -2.43. The summed E-state index contributed by atoms with van der Waals surface area (Å²) < 4.78 is 10.0. The number of hydrazine groups is 1. The Kier molecular flexibility index (Phi) is 4.77. The Morgan fingerprint density at radius 2 is 2.17 bits per heavy atom. The highest BCUT2D eigenvalue weighted by Gasteiger charge is 2.34. The summed E-state index contributed by atoms with van der Waals surface area (Å²) in [6.45, 7) is 3.21. The van der Waals surface area contributed by atoms with E-state index in [9.17, 15) is 25.0 Å². The first kappa shape index (κ1) is 16.9. The van der Waals surface area contributed by atoms with E-state index in [2.05, 4.69) is 10.3 Å². The van der Waals surface area contributed by atoms with Gasteiger partial charge in [-0.15, -0.1) is 0 Å². The summed E-state index contributed by atoms with van der Waals surface area (Å²) in [5, 5.41) is 23.1. The van der Waals surface area contributed by atoms with Crippen LogP contribution in [0.2, 0.25) is 0 Å². The zero-order valence-electron chi connectivity index (χ0n) is 12.6. The highest BCUT2D eigenvalue weighted by molar-refractivity contribution is 5.94. The molecule has 1 aliphatic heterocycles. The van der Waals surface area contributed by atoms with Gasteiger partial charge < -0.3 is 14.5 Å². The minimum absolute atomic E-state index is 0.0201. The topological polar surface area (TPSA) is 162 Å². The van der Waals surface area contributed by atoms with Crippen LogP contribution in [-0.4, -0.2) is 28.5 Å². The summed E-state index contributed by atoms with van der Waals surface area (Å²) in [6, 6.07) is 1.25. The number of aliphatic imine (C=N–C) groups is 1. The minimum atomic E-state index is -1.12. The van der Waals surface area contributed by atoms with Gasteiger partial charge in [0.05, 0.1) is 18.2 Å². The number of esters is 1. The molecule has 1 aromatic heterocycles. The van der Waals surface area contributed by atoms with E-state index in [-0.39, 0.29) is 29.6 Å². The molecule has 2 heterocycles. The van der Waals surface area contributed by atoms with Crippen LogP contribution >= 0.6 is 0 Å². The highest BCUT2D eigenvalue weighted by atomic mass is 16.7. The molecular weight excluding hydrogens is 326 g/mol. The summed E-state index contributed by atoms with van der Waals surface area (Å²) in [6.07, 6.45) is 0. The summed E-state index contributed by atoms with van der Waals surface area (Å²) >= 11 is 0. The number of carbonyl (C=O) groups excluding carboxylic acids is 1. The first-order chi connectivity index (χ1) is 11.3. The Bertz CT molecular complexity index is 751. The third-order valence-corrected chi connectivity index (χ3v) is 3.00. The smallest absolute Gasteiger partial charge is 0.433 e. The largest absolute Gasteiger partial charge is 0.463 e. The molecule has 0 aliphatic carbocycles. The molecule has 1 atom stereocenters. The fraction of sp³-hybridized carbons (Fsp3) is 0.333. The van der Waals surface area contributed by atoms with E-state index < -0.39 is 27.9 Å². The quantitative estimate of drug-likeness (QED) is 0.449. The highest BCUT2D eigenvalue weighted by Crippen LogP contribution is 2.33. The third-order valence-electron chi connectivity index (χ3n) is 3.00. The minimum Gasteiger partial charge on any atom is -0.463 e. The molecule has 0 bridgehead atoms. The van der Waals surface area contributed by atoms with Crippen LogP contribution in [0.25, 0.3) is 0 Å². The van der Waals surface area contributed by atoms with Crippen LogP contribution in [-0.2, 0) is 9.53 Å². The molecule has 1 aromatic rings. The van der Waals surface area contributed by atoms with E-state index in [1.54, 1.807) is 6.92 Å². The first-order valence-corrected chi connectivity index (χ1v) is 6.71. The van der Waals surface area contributed by atoms with Gasteiger partial charge in [0.1, 0.15) is 16.7 Å². The summed E-state index contributed by atoms with van der Waals surface area (Å²) in [7, 11) is 0. The Balaban J connectivity index is 2.45. The van der Waals surface area contributed by atoms with E-state index in [0.717, 1.165) is 6.07 Å². The van der Waals surface area contributed by atoms with Gasteiger partial charge in [0.2, 0.25) is 0 Å². The molecule has 0 spiro atoms.